The van der Waals surface area contributed by atoms with Crippen molar-refractivity contribution in [3.05, 3.63) is 35.6 Å². The molecule has 13 heavy (non-hydrogen) atoms. The molecule has 1 aliphatic rings. The van der Waals surface area contributed by atoms with Crippen LogP contribution in [0.15, 0.2) is 24.3 Å². The lowest BCUT2D eigenvalue weighted by atomic mass is 10.2. The molecule has 0 N–H and O–H groups in total. The van der Waals surface area contributed by atoms with E-state index in [4.69, 9.17) is 4.74 Å². The molecule has 0 aromatic heterocycles. The molecule has 0 bridgehead atoms. The molecule has 2 nitrogen and oxygen atoms in total. The van der Waals surface area contributed by atoms with Crippen molar-refractivity contribution >= 4 is 0 Å². The first-order valence-electron chi connectivity index (χ1n) is 4.35. The Balaban J connectivity index is 2.24. The zero-order valence-corrected chi connectivity index (χ0v) is 7.53. The van der Waals surface area contributed by atoms with Gasteiger partial charge in [0, 0.05) is 6.54 Å². The lowest BCUT2D eigenvalue weighted by Crippen LogP contribution is -2.18. The van der Waals surface area contributed by atoms with Crippen LogP contribution in [-0.4, -0.2) is 25.1 Å². The lowest BCUT2D eigenvalue weighted by Gasteiger charge is -2.17. The Morgan fingerprint density at radius 3 is 3.00 bits per heavy atom. The molecule has 0 aliphatic carbocycles. The number of halogens is 1. The minimum Gasteiger partial charge on any atom is -0.358 e. The number of hydrogen-bond donors (Lipinski definition) is 0. The maximum Gasteiger partial charge on any atom is 0.136 e. The minimum atomic E-state index is -0.207. The number of benzene rings is 1. The number of likely N-dealkylation sites (N-methyl/N-ethyl adjacent to an activating group) is 1. The predicted octanol–water partition coefficient (Wildman–Crippen LogP) is 1.79. The maximum absolute atomic E-state index is 12.9. The van der Waals surface area contributed by atoms with E-state index in [2.05, 4.69) is 4.90 Å². The van der Waals surface area contributed by atoms with Crippen molar-refractivity contribution in [2.75, 3.05) is 20.2 Å². The summed E-state index contributed by atoms with van der Waals surface area (Å²) in [4.78, 5) is 2.06. The van der Waals surface area contributed by atoms with Gasteiger partial charge in [0.05, 0.1) is 6.61 Å². The van der Waals surface area contributed by atoms with Gasteiger partial charge in [-0.1, -0.05) is 12.1 Å². The number of ether oxygens (including phenoxy) is 1. The summed E-state index contributed by atoms with van der Waals surface area (Å²) in [6.45, 7) is 1.62. The summed E-state index contributed by atoms with van der Waals surface area (Å²) in [6.07, 6.45) is -0.0734. The molecule has 0 amide bonds. The van der Waals surface area contributed by atoms with Crippen molar-refractivity contribution < 1.29 is 9.13 Å². The molecule has 0 spiro atoms. The van der Waals surface area contributed by atoms with E-state index in [1.54, 1.807) is 6.07 Å². The van der Waals surface area contributed by atoms with Crippen LogP contribution in [0.3, 0.4) is 0 Å². The lowest BCUT2D eigenvalue weighted by molar-refractivity contribution is 0.0451. The molecular weight excluding hydrogens is 169 g/mol. The van der Waals surface area contributed by atoms with Crippen LogP contribution in [0.2, 0.25) is 0 Å². The van der Waals surface area contributed by atoms with E-state index in [9.17, 15) is 4.39 Å². The maximum atomic E-state index is 12.9. The van der Waals surface area contributed by atoms with Crippen LogP contribution in [-0.2, 0) is 4.74 Å². The molecule has 0 saturated carbocycles. The van der Waals surface area contributed by atoms with Crippen molar-refractivity contribution in [1.29, 1.82) is 0 Å². The number of rotatable bonds is 1. The second kappa shape index (κ2) is 3.44. The van der Waals surface area contributed by atoms with Crippen LogP contribution in [0, 0.1) is 5.82 Å². The van der Waals surface area contributed by atoms with Crippen molar-refractivity contribution in [2.24, 2.45) is 0 Å². The summed E-state index contributed by atoms with van der Waals surface area (Å²) in [5.41, 5.74) is 0.889. The number of nitrogens with zero attached hydrogens (tertiary/aromatic N) is 1. The molecule has 1 atom stereocenters. The summed E-state index contributed by atoms with van der Waals surface area (Å²) in [5, 5.41) is 0. The second-order valence-electron chi connectivity index (χ2n) is 3.26. The average molecular weight is 181 g/mol. The molecule has 1 fully saturated rings. The SMILES string of the molecule is CN1CCOC1c1cccc(F)c1. The highest BCUT2D eigenvalue weighted by atomic mass is 19.1. The van der Waals surface area contributed by atoms with E-state index in [1.807, 2.05) is 13.1 Å². The van der Waals surface area contributed by atoms with Gasteiger partial charge in [0.1, 0.15) is 12.0 Å². The third kappa shape index (κ3) is 1.71. The molecule has 1 unspecified atom stereocenters. The fraction of sp³-hybridized carbons (Fsp3) is 0.400. The largest absolute Gasteiger partial charge is 0.358 e. The molecule has 1 aliphatic heterocycles. The zero-order valence-electron chi connectivity index (χ0n) is 7.53. The van der Waals surface area contributed by atoms with Gasteiger partial charge in [-0.25, -0.2) is 4.39 Å². The topological polar surface area (TPSA) is 12.5 Å². The molecule has 70 valence electrons. The van der Waals surface area contributed by atoms with E-state index in [1.165, 1.54) is 12.1 Å². The van der Waals surface area contributed by atoms with Crippen molar-refractivity contribution in [3.63, 3.8) is 0 Å². The summed E-state index contributed by atoms with van der Waals surface area (Å²) in [6, 6.07) is 6.56. The second-order valence-corrected chi connectivity index (χ2v) is 3.26. The highest BCUT2D eigenvalue weighted by molar-refractivity contribution is 5.19. The van der Waals surface area contributed by atoms with Gasteiger partial charge in [0.15, 0.2) is 0 Å². The molecule has 1 aromatic rings. The molecular formula is C10H12FNO. The zero-order chi connectivity index (χ0) is 9.26. The standard InChI is InChI=1S/C10H12FNO/c1-12-5-6-13-10(12)8-3-2-4-9(11)7-8/h2-4,7,10H,5-6H2,1H3. The molecule has 1 heterocycles. The third-order valence-corrected chi connectivity index (χ3v) is 2.25. The van der Waals surface area contributed by atoms with Crippen molar-refractivity contribution in [2.45, 2.75) is 6.23 Å². The first kappa shape index (κ1) is 8.66. The van der Waals surface area contributed by atoms with Crippen LogP contribution in [0.25, 0.3) is 0 Å². The van der Waals surface area contributed by atoms with E-state index >= 15 is 0 Å². The first-order chi connectivity index (χ1) is 6.27. The summed E-state index contributed by atoms with van der Waals surface area (Å²) in [5.74, 6) is -0.207. The molecule has 0 radical (unpaired) electrons. The Labute approximate surface area is 76.9 Å². The first-order valence-corrected chi connectivity index (χ1v) is 4.35. The fourth-order valence-electron chi connectivity index (χ4n) is 1.56. The van der Waals surface area contributed by atoms with Crippen LogP contribution < -0.4 is 0 Å². The number of hydrogen-bond acceptors (Lipinski definition) is 2. The van der Waals surface area contributed by atoms with Crippen molar-refractivity contribution in [3.8, 4) is 0 Å². The Kier molecular flexibility index (Phi) is 2.29. The van der Waals surface area contributed by atoms with E-state index in [0.717, 1.165) is 18.7 Å². The van der Waals surface area contributed by atoms with Gasteiger partial charge in [0.25, 0.3) is 0 Å². The fourth-order valence-corrected chi connectivity index (χ4v) is 1.56. The summed E-state index contributed by atoms with van der Waals surface area (Å²) < 4.78 is 18.3. The van der Waals surface area contributed by atoms with Crippen LogP contribution in [0.5, 0.6) is 0 Å². The van der Waals surface area contributed by atoms with Gasteiger partial charge < -0.3 is 4.74 Å². The highest BCUT2D eigenvalue weighted by Gasteiger charge is 2.23. The Morgan fingerprint density at radius 2 is 2.38 bits per heavy atom. The van der Waals surface area contributed by atoms with E-state index in [0.29, 0.717) is 0 Å². The Bertz CT molecular complexity index is 303. The molecule has 3 heteroatoms. The van der Waals surface area contributed by atoms with Gasteiger partial charge in [-0.3, -0.25) is 4.90 Å². The van der Waals surface area contributed by atoms with E-state index in [-0.39, 0.29) is 12.0 Å². The Hall–Kier alpha value is -0.930. The summed E-state index contributed by atoms with van der Waals surface area (Å²) >= 11 is 0. The van der Waals surface area contributed by atoms with Gasteiger partial charge in [-0.15, -0.1) is 0 Å². The van der Waals surface area contributed by atoms with Gasteiger partial charge in [-0.2, -0.15) is 0 Å². The van der Waals surface area contributed by atoms with Gasteiger partial charge in [-0.05, 0) is 24.7 Å². The van der Waals surface area contributed by atoms with E-state index < -0.39 is 0 Å². The monoisotopic (exact) mass is 181 g/mol. The molecule has 1 saturated heterocycles. The third-order valence-electron chi connectivity index (χ3n) is 2.25. The van der Waals surface area contributed by atoms with Crippen molar-refractivity contribution in [1.82, 2.24) is 4.90 Å². The van der Waals surface area contributed by atoms with Crippen LogP contribution in [0.1, 0.15) is 11.8 Å². The average Bonchev–Trinajstić information content (AvgIpc) is 2.51. The quantitative estimate of drug-likeness (QED) is 0.655. The van der Waals surface area contributed by atoms with Crippen LogP contribution >= 0.6 is 0 Å². The normalized spacial score (nSPS) is 23.7. The van der Waals surface area contributed by atoms with Gasteiger partial charge >= 0.3 is 0 Å². The predicted molar refractivity (Wildman–Crippen MR) is 47.7 cm³/mol. The smallest absolute Gasteiger partial charge is 0.136 e. The molecule has 1 aromatic carbocycles. The molecule has 2 rings (SSSR count). The van der Waals surface area contributed by atoms with Crippen LogP contribution in [0.4, 0.5) is 4.39 Å². The minimum absolute atomic E-state index is 0.0734. The highest BCUT2D eigenvalue weighted by Crippen LogP contribution is 2.25. The Morgan fingerprint density at radius 1 is 1.54 bits per heavy atom. The summed E-state index contributed by atoms with van der Waals surface area (Å²) in [7, 11) is 1.97. The van der Waals surface area contributed by atoms with Gasteiger partial charge in [0.2, 0.25) is 0 Å².